The molecule has 0 saturated heterocycles. The molecule has 0 fully saturated rings. The SMILES string of the molecule is COc1ccc(-c2nn(C[NH+]3CCc4sccc4[C@@H]3C)c(=S)o2)c(OC)c1. The minimum atomic E-state index is 0.374. The zero-order chi connectivity index (χ0) is 19.0. The number of aromatic nitrogens is 2. The van der Waals surface area contributed by atoms with Crippen molar-refractivity contribution in [2.45, 2.75) is 26.1 Å². The summed E-state index contributed by atoms with van der Waals surface area (Å²) in [5.74, 6) is 1.81. The van der Waals surface area contributed by atoms with Gasteiger partial charge in [0.2, 0.25) is 0 Å². The third-order valence-electron chi connectivity index (χ3n) is 5.13. The van der Waals surface area contributed by atoms with E-state index in [1.807, 2.05) is 29.5 Å². The van der Waals surface area contributed by atoms with Crippen LogP contribution in [-0.4, -0.2) is 30.5 Å². The Kier molecular flexibility index (Phi) is 5.03. The van der Waals surface area contributed by atoms with Gasteiger partial charge in [0.25, 0.3) is 10.7 Å². The average molecular weight is 405 g/mol. The lowest BCUT2D eigenvalue weighted by atomic mass is 10.0. The summed E-state index contributed by atoms with van der Waals surface area (Å²) in [5.41, 5.74) is 2.19. The van der Waals surface area contributed by atoms with E-state index in [4.69, 9.17) is 26.1 Å². The van der Waals surface area contributed by atoms with E-state index in [-0.39, 0.29) is 0 Å². The largest absolute Gasteiger partial charge is 0.497 e. The van der Waals surface area contributed by atoms with E-state index in [9.17, 15) is 0 Å². The van der Waals surface area contributed by atoms with Crippen LogP contribution in [0.25, 0.3) is 11.5 Å². The fraction of sp³-hybridized carbons (Fsp3) is 0.368. The van der Waals surface area contributed by atoms with Crippen molar-refractivity contribution < 1.29 is 18.8 Å². The third kappa shape index (κ3) is 3.40. The molecule has 8 heteroatoms. The molecule has 6 nitrogen and oxygen atoms in total. The van der Waals surface area contributed by atoms with Gasteiger partial charge in [-0.25, -0.2) is 0 Å². The minimum Gasteiger partial charge on any atom is -0.497 e. The number of quaternary nitrogens is 1. The van der Waals surface area contributed by atoms with Crippen molar-refractivity contribution in [3.63, 3.8) is 0 Å². The summed E-state index contributed by atoms with van der Waals surface area (Å²) in [7, 11) is 3.23. The van der Waals surface area contributed by atoms with Crippen LogP contribution in [0.2, 0.25) is 0 Å². The molecule has 1 unspecified atom stereocenters. The topological polar surface area (TPSA) is 53.9 Å². The van der Waals surface area contributed by atoms with Gasteiger partial charge in [0, 0.05) is 22.9 Å². The van der Waals surface area contributed by atoms with Gasteiger partial charge >= 0.3 is 0 Å². The summed E-state index contributed by atoms with van der Waals surface area (Å²) in [6.45, 7) is 4.00. The van der Waals surface area contributed by atoms with Gasteiger partial charge in [-0.2, -0.15) is 4.68 Å². The van der Waals surface area contributed by atoms with Crippen LogP contribution < -0.4 is 14.4 Å². The summed E-state index contributed by atoms with van der Waals surface area (Å²) in [6, 6.07) is 8.18. The number of benzene rings is 1. The average Bonchev–Trinajstić information content (AvgIpc) is 3.30. The molecule has 2 aromatic heterocycles. The Morgan fingerprint density at radius 1 is 1.33 bits per heavy atom. The van der Waals surface area contributed by atoms with Gasteiger partial charge in [-0.15, -0.1) is 16.4 Å². The summed E-state index contributed by atoms with van der Waals surface area (Å²) in [4.78, 5) is 3.30. The Hall–Kier alpha value is -2.16. The van der Waals surface area contributed by atoms with Gasteiger partial charge in [-0.05, 0) is 42.7 Å². The second kappa shape index (κ2) is 7.46. The van der Waals surface area contributed by atoms with Crippen LogP contribution in [0.5, 0.6) is 11.5 Å². The van der Waals surface area contributed by atoms with Gasteiger partial charge < -0.3 is 18.8 Å². The van der Waals surface area contributed by atoms with Crippen LogP contribution in [0.3, 0.4) is 0 Å². The standard InChI is InChI=1S/C19H21N3O3S2/c1-12-14-7-9-27-17(14)6-8-21(12)11-22-19(26)25-18(20-22)15-5-4-13(23-2)10-16(15)24-3/h4-5,7,9-10,12H,6,8,11H2,1-3H3/p+1/t12-/m0/s1. The predicted molar refractivity (Wildman–Crippen MR) is 106 cm³/mol. The van der Waals surface area contributed by atoms with E-state index in [1.165, 1.54) is 15.3 Å². The number of nitrogens with zero attached hydrogens (tertiary/aromatic N) is 2. The number of ether oxygens (including phenoxy) is 2. The molecule has 1 N–H and O–H groups in total. The smallest absolute Gasteiger partial charge is 0.292 e. The maximum Gasteiger partial charge on any atom is 0.292 e. The summed E-state index contributed by atoms with van der Waals surface area (Å²) in [6.07, 6.45) is 1.09. The van der Waals surface area contributed by atoms with Crippen LogP contribution >= 0.6 is 23.6 Å². The van der Waals surface area contributed by atoms with Crippen molar-refractivity contribution in [3.05, 3.63) is 44.9 Å². The Morgan fingerprint density at radius 2 is 2.19 bits per heavy atom. The molecule has 27 heavy (non-hydrogen) atoms. The number of thiophene rings is 1. The van der Waals surface area contributed by atoms with Crippen molar-refractivity contribution in [1.29, 1.82) is 0 Å². The second-order valence-electron chi connectivity index (χ2n) is 6.58. The van der Waals surface area contributed by atoms with Gasteiger partial charge in [0.1, 0.15) is 17.5 Å². The van der Waals surface area contributed by atoms with Crippen molar-refractivity contribution in [2.24, 2.45) is 0 Å². The molecule has 0 spiro atoms. The first-order chi connectivity index (χ1) is 13.1. The number of hydrogen-bond donors (Lipinski definition) is 1. The molecule has 3 aromatic rings. The van der Waals surface area contributed by atoms with E-state index >= 15 is 0 Å². The number of methoxy groups -OCH3 is 2. The van der Waals surface area contributed by atoms with Crippen molar-refractivity contribution in [3.8, 4) is 23.0 Å². The van der Waals surface area contributed by atoms with Crippen molar-refractivity contribution >= 4 is 23.6 Å². The Balaban J connectivity index is 1.60. The first-order valence-corrected chi connectivity index (χ1v) is 10.1. The number of nitrogens with one attached hydrogen (secondary N) is 1. The zero-order valence-corrected chi connectivity index (χ0v) is 17.2. The van der Waals surface area contributed by atoms with E-state index in [0.717, 1.165) is 18.5 Å². The highest BCUT2D eigenvalue weighted by molar-refractivity contribution is 7.71. The Morgan fingerprint density at radius 3 is 2.96 bits per heavy atom. The van der Waals surface area contributed by atoms with Crippen molar-refractivity contribution in [2.75, 3.05) is 20.8 Å². The molecule has 0 saturated carbocycles. The predicted octanol–water partition coefficient (Wildman–Crippen LogP) is 3.11. The molecule has 0 radical (unpaired) electrons. The minimum absolute atomic E-state index is 0.374. The van der Waals surface area contributed by atoms with Gasteiger partial charge in [-0.3, -0.25) is 0 Å². The zero-order valence-electron chi connectivity index (χ0n) is 15.5. The normalized spacial score (nSPS) is 18.9. The van der Waals surface area contributed by atoms with E-state index < -0.39 is 0 Å². The van der Waals surface area contributed by atoms with Gasteiger partial charge in [0.15, 0.2) is 6.67 Å². The van der Waals surface area contributed by atoms with E-state index in [2.05, 4.69) is 23.5 Å². The number of hydrogen-bond acceptors (Lipinski definition) is 6. The summed E-state index contributed by atoms with van der Waals surface area (Å²) >= 11 is 7.28. The first kappa shape index (κ1) is 18.2. The second-order valence-corrected chi connectivity index (χ2v) is 7.93. The fourth-order valence-corrected chi connectivity index (χ4v) is 4.71. The number of fused-ring (bicyclic) bond motifs is 1. The van der Waals surface area contributed by atoms with Crippen LogP contribution in [0, 0.1) is 4.84 Å². The molecule has 4 rings (SSSR count). The molecule has 1 aliphatic heterocycles. The molecule has 0 aliphatic carbocycles. The van der Waals surface area contributed by atoms with Crippen molar-refractivity contribution in [1.82, 2.24) is 9.78 Å². The molecular formula is C19H22N3O3S2+. The molecule has 2 atom stereocenters. The molecule has 142 valence electrons. The lowest BCUT2D eigenvalue weighted by Crippen LogP contribution is -3.12. The van der Waals surface area contributed by atoms with Crippen LogP contribution in [0.4, 0.5) is 0 Å². The highest BCUT2D eigenvalue weighted by Crippen LogP contribution is 2.32. The van der Waals surface area contributed by atoms with E-state index in [0.29, 0.717) is 34.9 Å². The van der Waals surface area contributed by atoms with E-state index in [1.54, 1.807) is 18.9 Å². The maximum atomic E-state index is 5.78. The Bertz CT molecular complexity index is 1010. The summed E-state index contributed by atoms with van der Waals surface area (Å²) < 4.78 is 18.3. The van der Waals surface area contributed by atoms with Crippen LogP contribution in [-0.2, 0) is 13.1 Å². The number of rotatable bonds is 5. The molecular weight excluding hydrogens is 382 g/mol. The van der Waals surface area contributed by atoms with Gasteiger partial charge in [-0.1, -0.05) is 0 Å². The molecule has 1 aliphatic rings. The lowest BCUT2D eigenvalue weighted by molar-refractivity contribution is -0.954. The lowest BCUT2D eigenvalue weighted by Gasteiger charge is -2.29. The highest BCUT2D eigenvalue weighted by Gasteiger charge is 2.29. The third-order valence-corrected chi connectivity index (χ3v) is 6.42. The van der Waals surface area contributed by atoms with Crippen LogP contribution in [0.15, 0.2) is 34.1 Å². The summed E-state index contributed by atoms with van der Waals surface area (Å²) in [5, 5.41) is 6.80. The molecule has 3 heterocycles. The monoisotopic (exact) mass is 404 g/mol. The highest BCUT2D eigenvalue weighted by atomic mass is 32.1. The first-order valence-electron chi connectivity index (χ1n) is 8.82. The van der Waals surface area contributed by atoms with Gasteiger partial charge in [0.05, 0.1) is 26.3 Å². The van der Waals surface area contributed by atoms with Crippen LogP contribution in [0.1, 0.15) is 23.4 Å². The Labute approximate surface area is 166 Å². The molecule has 1 aromatic carbocycles. The maximum absolute atomic E-state index is 5.78. The molecule has 0 amide bonds. The fourth-order valence-electron chi connectivity index (χ4n) is 3.55. The quantitative estimate of drug-likeness (QED) is 0.662. The molecule has 0 bridgehead atoms.